The van der Waals surface area contributed by atoms with Crippen LogP contribution in [0.15, 0.2) is 36.7 Å². The summed E-state index contributed by atoms with van der Waals surface area (Å²) in [5, 5.41) is 3.00. The molecular weight excluding hydrogens is 212 g/mol. The van der Waals surface area contributed by atoms with Crippen molar-refractivity contribution in [2.24, 2.45) is 0 Å². The van der Waals surface area contributed by atoms with Crippen LogP contribution in [0.2, 0.25) is 0 Å². The van der Waals surface area contributed by atoms with Crippen LogP contribution in [0.4, 0.5) is 11.4 Å². The number of rotatable bonds is 3. The molecule has 4 heteroatoms. The Kier molecular flexibility index (Phi) is 3.23. The maximum atomic E-state index is 4.31. The van der Waals surface area contributed by atoms with Gasteiger partial charge in [-0.05, 0) is 24.3 Å². The van der Waals surface area contributed by atoms with Crippen molar-refractivity contribution in [1.82, 2.24) is 9.97 Å². The second-order valence-corrected chi connectivity index (χ2v) is 3.99. The highest BCUT2D eigenvalue weighted by Crippen LogP contribution is 2.19. The molecule has 0 aliphatic heterocycles. The molecule has 88 valence electrons. The fraction of sp³-hybridized carbons (Fsp3) is 0.231. The van der Waals surface area contributed by atoms with Crippen molar-refractivity contribution in [1.29, 1.82) is 0 Å². The molecule has 0 atom stereocenters. The first kappa shape index (κ1) is 11.4. The summed E-state index contributed by atoms with van der Waals surface area (Å²) in [6.07, 6.45) is 3.56. The topological polar surface area (TPSA) is 41.1 Å². The molecule has 2 aromatic rings. The Hall–Kier alpha value is -2.10. The molecule has 0 saturated heterocycles. The molecular formula is C13H16N4. The lowest BCUT2D eigenvalue weighted by molar-refractivity contribution is 1.13. The van der Waals surface area contributed by atoms with Gasteiger partial charge in [0, 0.05) is 32.4 Å². The minimum Gasteiger partial charge on any atom is -0.386 e. The molecule has 0 amide bonds. The second-order valence-electron chi connectivity index (χ2n) is 3.99. The summed E-state index contributed by atoms with van der Waals surface area (Å²) in [6, 6.07) is 8.18. The van der Waals surface area contributed by atoms with Gasteiger partial charge in [0.2, 0.25) is 0 Å². The van der Waals surface area contributed by atoms with Crippen molar-refractivity contribution in [3.05, 3.63) is 36.7 Å². The SMILES string of the molecule is CNc1cnc(-c2ccc(N(C)C)cc2)nc1. The van der Waals surface area contributed by atoms with Gasteiger partial charge in [0.1, 0.15) is 0 Å². The van der Waals surface area contributed by atoms with Crippen LogP contribution in [-0.4, -0.2) is 31.1 Å². The summed E-state index contributed by atoms with van der Waals surface area (Å²) in [4.78, 5) is 10.7. The average Bonchev–Trinajstić information content (AvgIpc) is 2.39. The molecule has 0 bridgehead atoms. The van der Waals surface area contributed by atoms with Crippen molar-refractivity contribution in [3.63, 3.8) is 0 Å². The van der Waals surface area contributed by atoms with Crippen LogP contribution in [0, 0.1) is 0 Å². The zero-order chi connectivity index (χ0) is 12.3. The van der Waals surface area contributed by atoms with Crippen molar-refractivity contribution in [3.8, 4) is 11.4 Å². The third-order valence-corrected chi connectivity index (χ3v) is 2.58. The Morgan fingerprint density at radius 2 is 1.59 bits per heavy atom. The number of hydrogen-bond donors (Lipinski definition) is 1. The van der Waals surface area contributed by atoms with Crippen LogP contribution in [0.25, 0.3) is 11.4 Å². The first-order chi connectivity index (χ1) is 8.20. The van der Waals surface area contributed by atoms with Gasteiger partial charge in [0.05, 0.1) is 18.1 Å². The van der Waals surface area contributed by atoms with E-state index >= 15 is 0 Å². The van der Waals surface area contributed by atoms with E-state index in [-0.39, 0.29) is 0 Å². The summed E-state index contributed by atoms with van der Waals surface area (Å²) in [5.74, 6) is 0.745. The Bertz CT molecular complexity index is 474. The number of aromatic nitrogens is 2. The van der Waals surface area contributed by atoms with E-state index in [4.69, 9.17) is 0 Å². The van der Waals surface area contributed by atoms with E-state index in [0.29, 0.717) is 0 Å². The largest absolute Gasteiger partial charge is 0.386 e. The van der Waals surface area contributed by atoms with E-state index in [1.807, 2.05) is 33.3 Å². The van der Waals surface area contributed by atoms with Gasteiger partial charge in [0.15, 0.2) is 5.82 Å². The quantitative estimate of drug-likeness (QED) is 0.874. The standard InChI is InChI=1S/C13H16N4/c1-14-11-8-15-13(16-9-11)10-4-6-12(7-5-10)17(2)3/h4-9,14H,1-3H3. The molecule has 2 rings (SSSR count). The monoisotopic (exact) mass is 228 g/mol. The molecule has 0 fully saturated rings. The smallest absolute Gasteiger partial charge is 0.159 e. The fourth-order valence-corrected chi connectivity index (χ4v) is 1.51. The lowest BCUT2D eigenvalue weighted by atomic mass is 10.2. The summed E-state index contributed by atoms with van der Waals surface area (Å²) < 4.78 is 0. The summed E-state index contributed by atoms with van der Waals surface area (Å²) in [5.41, 5.74) is 3.11. The highest BCUT2D eigenvalue weighted by Gasteiger charge is 2.01. The predicted octanol–water partition coefficient (Wildman–Crippen LogP) is 2.25. The van der Waals surface area contributed by atoms with Crippen LogP contribution in [0.5, 0.6) is 0 Å². The van der Waals surface area contributed by atoms with Gasteiger partial charge in [0.25, 0.3) is 0 Å². The highest BCUT2D eigenvalue weighted by molar-refractivity contribution is 5.60. The van der Waals surface area contributed by atoms with Crippen LogP contribution in [0.1, 0.15) is 0 Å². The summed E-state index contributed by atoms with van der Waals surface area (Å²) in [6.45, 7) is 0. The number of benzene rings is 1. The molecule has 1 N–H and O–H groups in total. The van der Waals surface area contributed by atoms with Crippen molar-refractivity contribution >= 4 is 11.4 Å². The lowest BCUT2D eigenvalue weighted by Gasteiger charge is -2.12. The van der Waals surface area contributed by atoms with Gasteiger partial charge >= 0.3 is 0 Å². The Labute approximate surface area is 101 Å². The second kappa shape index (κ2) is 4.82. The molecule has 0 unspecified atom stereocenters. The molecule has 1 aromatic heterocycles. The highest BCUT2D eigenvalue weighted by atomic mass is 15.1. The first-order valence-corrected chi connectivity index (χ1v) is 5.48. The zero-order valence-electron chi connectivity index (χ0n) is 10.3. The lowest BCUT2D eigenvalue weighted by Crippen LogP contribution is -2.08. The van der Waals surface area contributed by atoms with Gasteiger partial charge < -0.3 is 10.2 Å². The minimum atomic E-state index is 0.745. The average molecular weight is 228 g/mol. The zero-order valence-corrected chi connectivity index (χ0v) is 10.3. The van der Waals surface area contributed by atoms with Crippen LogP contribution < -0.4 is 10.2 Å². The van der Waals surface area contributed by atoms with Gasteiger partial charge in [-0.2, -0.15) is 0 Å². The fourth-order valence-electron chi connectivity index (χ4n) is 1.51. The Balaban J connectivity index is 2.26. The van der Waals surface area contributed by atoms with Crippen molar-refractivity contribution in [2.75, 3.05) is 31.4 Å². The number of nitrogens with one attached hydrogen (secondary N) is 1. The molecule has 0 aliphatic carbocycles. The maximum absolute atomic E-state index is 4.31. The van der Waals surface area contributed by atoms with Gasteiger partial charge in [-0.1, -0.05) is 0 Å². The van der Waals surface area contributed by atoms with Crippen molar-refractivity contribution in [2.45, 2.75) is 0 Å². The van der Waals surface area contributed by atoms with Crippen LogP contribution in [-0.2, 0) is 0 Å². The number of nitrogens with zero attached hydrogens (tertiary/aromatic N) is 3. The Morgan fingerprint density at radius 1 is 1.00 bits per heavy atom. The van der Waals surface area contributed by atoms with Gasteiger partial charge in [-0.3, -0.25) is 0 Å². The molecule has 0 saturated carbocycles. The van der Waals surface area contributed by atoms with E-state index < -0.39 is 0 Å². The number of hydrogen-bond acceptors (Lipinski definition) is 4. The van der Waals surface area contributed by atoms with Crippen LogP contribution >= 0.6 is 0 Å². The molecule has 1 aromatic carbocycles. The van der Waals surface area contributed by atoms with Crippen molar-refractivity contribution < 1.29 is 0 Å². The molecule has 0 aliphatic rings. The van der Waals surface area contributed by atoms with E-state index in [9.17, 15) is 0 Å². The number of anilines is 2. The molecule has 4 nitrogen and oxygen atoms in total. The van der Waals surface area contributed by atoms with Gasteiger partial charge in [-0.15, -0.1) is 0 Å². The Morgan fingerprint density at radius 3 is 2.06 bits per heavy atom. The van der Waals surface area contributed by atoms with Crippen LogP contribution in [0.3, 0.4) is 0 Å². The molecule has 1 heterocycles. The van der Waals surface area contributed by atoms with E-state index in [2.05, 4.69) is 32.3 Å². The maximum Gasteiger partial charge on any atom is 0.159 e. The molecule has 0 radical (unpaired) electrons. The molecule has 0 spiro atoms. The third-order valence-electron chi connectivity index (χ3n) is 2.58. The normalized spacial score (nSPS) is 10.1. The first-order valence-electron chi connectivity index (χ1n) is 5.48. The van der Waals surface area contributed by atoms with E-state index in [1.165, 1.54) is 5.69 Å². The van der Waals surface area contributed by atoms with E-state index in [1.54, 1.807) is 12.4 Å². The van der Waals surface area contributed by atoms with E-state index in [0.717, 1.165) is 17.1 Å². The molecule has 17 heavy (non-hydrogen) atoms. The summed E-state index contributed by atoms with van der Waals surface area (Å²) >= 11 is 0. The third kappa shape index (κ3) is 2.53. The predicted molar refractivity (Wildman–Crippen MR) is 71.3 cm³/mol. The minimum absolute atomic E-state index is 0.745. The van der Waals surface area contributed by atoms with Gasteiger partial charge in [-0.25, -0.2) is 9.97 Å². The summed E-state index contributed by atoms with van der Waals surface area (Å²) in [7, 11) is 5.89.